The van der Waals surface area contributed by atoms with Crippen LogP contribution in [0.1, 0.15) is 17.2 Å². The molecule has 0 aromatic heterocycles. The molecule has 6 nitrogen and oxygen atoms in total. The van der Waals surface area contributed by atoms with Crippen LogP contribution in [0.3, 0.4) is 0 Å². The summed E-state index contributed by atoms with van der Waals surface area (Å²) in [5.74, 6) is -0.0840. The van der Waals surface area contributed by atoms with Gasteiger partial charge in [-0.3, -0.25) is 14.4 Å². The quantitative estimate of drug-likeness (QED) is 0.321. The molecule has 0 radical (unpaired) electrons. The lowest BCUT2D eigenvalue weighted by atomic mass is 9.69. The first kappa shape index (κ1) is 23.3. The molecule has 0 unspecified atom stereocenters. The maximum Gasteiger partial charge on any atom is 0.267 e. The molecular weight excluding hydrogens is 488 g/mol. The average Bonchev–Trinajstić information content (AvgIpc) is 3.41. The summed E-state index contributed by atoms with van der Waals surface area (Å²) < 4.78 is 5.38. The Kier molecular flexibility index (Phi) is 5.71. The standard InChI is InChI=1S/C30H23ClN2O4/c1-36-25-18-12-20(13-19-25)26-30(21-8-4-2-5-9-21)27(37-33(26)24-10-6-3-7-11-24)28(34)32(29(30)35)23-16-14-22(31)15-17-23/h2-19,26-27H,1H3/t26-,27-,30-/m0/s1. The molecule has 0 N–H and O–H groups in total. The van der Waals surface area contributed by atoms with Gasteiger partial charge in [-0.25, -0.2) is 9.96 Å². The van der Waals surface area contributed by atoms with E-state index in [4.69, 9.17) is 21.2 Å². The minimum absolute atomic E-state index is 0.352. The summed E-state index contributed by atoms with van der Waals surface area (Å²) in [4.78, 5) is 36.3. The zero-order valence-electron chi connectivity index (χ0n) is 20.0. The van der Waals surface area contributed by atoms with Crippen LogP contribution in [0.2, 0.25) is 5.02 Å². The number of halogens is 1. The minimum Gasteiger partial charge on any atom is -0.497 e. The molecule has 0 saturated carbocycles. The van der Waals surface area contributed by atoms with Crippen LogP contribution in [0, 0.1) is 0 Å². The zero-order chi connectivity index (χ0) is 25.6. The number of anilines is 2. The predicted molar refractivity (Wildman–Crippen MR) is 142 cm³/mol. The molecule has 2 aliphatic rings. The molecule has 3 atom stereocenters. The van der Waals surface area contributed by atoms with Gasteiger partial charge in [0, 0.05) is 5.02 Å². The summed E-state index contributed by atoms with van der Waals surface area (Å²) in [7, 11) is 1.61. The SMILES string of the molecule is COc1ccc([C@@H]2N(c3ccccc3)O[C@H]3C(=O)N(c4ccc(Cl)cc4)C(=O)[C@@]23c2ccccc2)cc1. The van der Waals surface area contributed by atoms with Gasteiger partial charge in [-0.2, -0.15) is 0 Å². The van der Waals surface area contributed by atoms with E-state index in [1.165, 1.54) is 4.90 Å². The molecule has 37 heavy (non-hydrogen) atoms. The number of hydroxylamine groups is 1. The van der Waals surface area contributed by atoms with Gasteiger partial charge in [0.05, 0.1) is 18.5 Å². The number of hydrogen-bond donors (Lipinski definition) is 0. The van der Waals surface area contributed by atoms with Crippen LogP contribution in [-0.2, 0) is 19.8 Å². The topological polar surface area (TPSA) is 59.1 Å². The maximum absolute atomic E-state index is 14.6. The van der Waals surface area contributed by atoms with E-state index in [1.807, 2.05) is 84.9 Å². The Morgan fingerprint density at radius 3 is 2.03 bits per heavy atom. The average molecular weight is 511 g/mol. The van der Waals surface area contributed by atoms with Crippen LogP contribution >= 0.6 is 11.6 Å². The highest BCUT2D eigenvalue weighted by molar-refractivity contribution is 6.31. The Balaban J connectivity index is 1.60. The Hall–Kier alpha value is -4.13. The number of carbonyl (C=O) groups excluding carboxylic acids is 2. The number of rotatable bonds is 5. The first-order valence-corrected chi connectivity index (χ1v) is 12.3. The van der Waals surface area contributed by atoms with Crippen molar-refractivity contribution in [3.63, 3.8) is 0 Å². The molecule has 2 aliphatic heterocycles. The molecule has 4 aromatic carbocycles. The lowest BCUT2D eigenvalue weighted by Crippen LogP contribution is -2.46. The van der Waals surface area contributed by atoms with Gasteiger partial charge in [-0.05, 0) is 59.7 Å². The van der Waals surface area contributed by atoms with Crippen molar-refractivity contribution in [3.8, 4) is 5.75 Å². The fourth-order valence-electron chi connectivity index (χ4n) is 5.41. The molecule has 2 heterocycles. The molecule has 0 aliphatic carbocycles. The van der Waals surface area contributed by atoms with Crippen LogP contribution in [0.25, 0.3) is 0 Å². The molecule has 0 spiro atoms. The molecule has 2 saturated heterocycles. The first-order valence-electron chi connectivity index (χ1n) is 11.9. The third kappa shape index (κ3) is 3.52. The molecule has 184 valence electrons. The van der Waals surface area contributed by atoms with Crippen LogP contribution in [-0.4, -0.2) is 25.0 Å². The summed E-state index contributed by atoms with van der Waals surface area (Å²) in [5.41, 5.74) is 1.37. The van der Waals surface area contributed by atoms with E-state index in [0.717, 1.165) is 11.3 Å². The van der Waals surface area contributed by atoms with Gasteiger partial charge >= 0.3 is 0 Å². The number of benzene rings is 4. The molecule has 7 heteroatoms. The lowest BCUT2D eigenvalue weighted by Gasteiger charge is -2.35. The van der Waals surface area contributed by atoms with E-state index in [2.05, 4.69) is 0 Å². The van der Waals surface area contributed by atoms with Crippen molar-refractivity contribution in [2.75, 3.05) is 17.1 Å². The van der Waals surface area contributed by atoms with Crippen molar-refractivity contribution in [2.24, 2.45) is 0 Å². The number of carbonyl (C=O) groups is 2. The number of fused-ring (bicyclic) bond motifs is 1. The predicted octanol–water partition coefficient (Wildman–Crippen LogP) is 5.72. The van der Waals surface area contributed by atoms with Crippen LogP contribution < -0.4 is 14.7 Å². The number of imide groups is 1. The fourth-order valence-corrected chi connectivity index (χ4v) is 5.53. The lowest BCUT2D eigenvalue weighted by molar-refractivity contribution is -0.126. The number of para-hydroxylation sites is 1. The van der Waals surface area contributed by atoms with Gasteiger partial charge in [0.15, 0.2) is 6.10 Å². The Morgan fingerprint density at radius 1 is 0.784 bits per heavy atom. The molecule has 2 amide bonds. The van der Waals surface area contributed by atoms with Crippen molar-refractivity contribution in [2.45, 2.75) is 17.6 Å². The largest absolute Gasteiger partial charge is 0.497 e. The zero-order valence-corrected chi connectivity index (χ0v) is 20.7. The highest BCUT2D eigenvalue weighted by atomic mass is 35.5. The van der Waals surface area contributed by atoms with Gasteiger partial charge in [-0.1, -0.05) is 72.3 Å². The normalized spacial score (nSPS) is 22.9. The van der Waals surface area contributed by atoms with Gasteiger partial charge in [0.1, 0.15) is 17.2 Å². The third-order valence-corrected chi connectivity index (χ3v) is 7.33. The van der Waals surface area contributed by atoms with E-state index < -0.39 is 23.5 Å². The van der Waals surface area contributed by atoms with Gasteiger partial charge in [0.2, 0.25) is 5.91 Å². The molecule has 6 rings (SSSR count). The highest BCUT2D eigenvalue weighted by Gasteiger charge is 2.72. The summed E-state index contributed by atoms with van der Waals surface area (Å²) in [6.07, 6.45) is -1.08. The number of amides is 2. The second-order valence-electron chi connectivity index (χ2n) is 9.01. The van der Waals surface area contributed by atoms with Crippen LogP contribution in [0.15, 0.2) is 109 Å². The highest BCUT2D eigenvalue weighted by Crippen LogP contribution is 2.57. The van der Waals surface area contributed by atoms with Gasteiger partial charge in [-0.15, -0.1) is 0 Å². The first-order chi connectivity index (χ1) is 18.1. The third-order valence-electron chi connectivity index (χ3n) is 7.08. The number of methoxy groups -OCH3 is 1. The summed E-state index contributed by atoms with van der Waals surface area (Å²) in [6, 6.07) is 32.5. The number of hydrogen-bond acceptors (Lipinski definition) is 5. The monoisotopic (exact) mass is 510 g/mol. The summed E-state index contributed by atoms with van der Waals surface area (Å²) in [6.45, 7) is 0. The van der Waals surface area contributed by atoms with E-state index in [1.54, 1.807) is 36.4 Å². The van der Waals surface area contributed by atoms with E-state index in [9.17, 15) is 9.59 Å². The van der Waals surface area contributed by atoms with Gasteiger partial charge in [0.25, 0.3) is 5.91 Å². The Bertz CT molecular complexity index is 1440. The summed E-state index contributed by atoms with van der Waals surface area (Å²) in [5, 5.41) is 2.22. The second-order valence-corrected chi connectivity index (χ2v) is 9.45. The second kappa shape index (κ2) is 9.07. The minimum atomic E-state index is -1.34. The van der Waals surface area contributed by atoms with Crippen molar-refractivity contribution >= 4 is 34.8 Å². The van der Waals surface area contributed by atoms with Gasteiger partial charge < -0.3 is 4.74 Å². The number of nitrogens with zero attached hydrogens (tertiary/aromatic N) is 2. The van der Waals surface area contributed by atoms with E-state index in [0.29, 0.717) is 22.0 Å². The van der Waals surface area contributed by atoms with Crippen molar-refractivity contribution in [1.29, 1.82) is 0 Å². The molecule has 0 bridgehead atoms. The maximum atomic E-state index is 14.6. The fraction of sp³-hybridized carbons (Fsp3) is 0.133. The van der Waals surface area contributed by atoms with Crippen LogP contribution in [0.5, 0.6) is 5.75 Å². The van der Waals surface area contributed by atoms with E-state index >= 15 is 0 Å². The number of ether oxygens (including phenoxy) is 1. The smallest absolute Gasteiger partial charge is 0.267 e. The Morgan fingerprint density at radius 2 is 1.41 bits per heavy atom. The molecule has 4 aromatic rings. The van der Waals surface area contributed by atoms with E-state index in [-0.39, 0.29) is 5.91 Å². The Labute approximate surface area is 219 Å². The van der Waals surface area contributed by atoms with Crippen molar-refractivity contribution in [1.82, 2.24) is 0 Å². The van der Waals surface area contributed by atoms with Crippen LogP contribution in [0.4, 0.5) is 11.4 Å². The summed E-state index contributed by atoms with van der Waals surface area (Å²) >= 11 is 6.10. The molecular formula is C30H23ClN2O4. The van der Waals surface area contributed by atoms with Crippen molar-refractivity contribution < 1.29 is 19.2 Å². The van der Waals surface area contributed by atoms with Crippen molar-refractivity contribution in [3.05, 3.63) is 125 Å². The molecule has 2 fully saturated rings.